The van der Waals surface area contributed by atoms with Crippen molar-refractivity contribution in [3.05, 3.63) is 0 Å². The third-order valence-corrected chi connectivity index (χ3v) is 3.30. The molecule has 0 aromatic rings. The first-order valence-electron chi connectivity index (χ1n) is 6.69. The van der Waals surface area contributed by atoms with Crippen molar-refractivity contribution in [2.45, 2.75) is 58.5 Å². The Morgan fingerprint density at radius 1 is 1.27 bits per heavy atom. The van der Waals surface area contributed by atoms with Crippen LogP contribution in [0.3, 0.4) is 0 Å². The fraction of sp³-hybridized carbons (Fsp3) is 1.00. The van der Waals surface area contributed by atoms with Crippen molar-refractivity contribution in [3.8, 4) is 0 Å². The van der Waals surface area contributed by atoms with Gasteiger partial charge in [-0.3, -0.25) is 0 Å². The van der Waals surface area contributed by atoms with E-state index in [-0.39, 0.29) is 0 Å². The maximum Gasteiger partial charge on any atom is 0.0696 e. The van der Waals surface area contributed by atoms with E-state index < -0.39 is 0 Å². The summed E-state index contributed by atoms with van der Waals surface area (Å²) in [6.45, 7) is 7.55. The van der Waals surface area contributed by atoms with Gasteiger partial charge in [-0.15, -0.1) is 0 Å². The lowest BCUT2D eigenvalue weighted by atomic mass is 10.1. The van der Waals surface area contributed by atoms with E-state index in [0.717, 1.165) is 32.0 Å². The Labute approximate surface area is 94.8 Å². The van der Waals surface area contributed by atoms with Crippen LogP contribution in [0.2, 0.25) is 0 Å². The highest BCUT2D eigenvalue weighted by atomic mass is 16.5. The van der Waals surface area contributed by atoms with Crippen LogP contribution in [-0.4, -0.2) is 25.8 Å². The van der Waals surface area contributed by atoms with E-state index in [1.165, 1.54) is 32.1 Å². The zero-order chi connectivity index (χ0) is 10.9. The van der Waals surface area contributed by atoms with Gasteiger partial charge >= 0.3 is 0 Å². The van der Waals surface area contributed by atoms with Crippen molar-refractivity contribution >= 4 is 0 Å². The summed E-state index contributed by atoms with van der Waals surface area (Å²) in [7, 11) is 0. The van der Waals surface area contributed by atoms with Crippen molar-refractivity contribution in [3.63, 3.8) is 0 Å². The number of rotatable bonds is 8. The lowest BCUT2D eigenvalue weighted by Crippen LogP contribution is -2.30. The molecule has 0 heterocycles. The second kappa shape index (κ2) is 8.12. The van der Waals surface area contributed by atoms with Crippen LogP contribution in [0.25, 0.3) is 0 Å². The van der Waals surface area contributed by atoms with Gasteiger partial charge in [0.15, 0.2) is 0 Å². The highest BCUT2D eigenvalue weighted by molar-refractivity contribution is 4.68. The minimum absolute atomic E-state index is 0.428. The van der Waals surface area contributed by atoms with E-state index >= 15 is 0 Å². The lowest BCUT2D eigenvalue weighted by molar-refractivity contribution is 0.0286. The normalized spacial score (nSPS) is 19.6. The first kappa shape index (κ1) is 13.0. The molecule has 15 heavy (non-hydrogen) atoms. The molecule has 0 aromatic carbocycles. The Kier molecular flexibility index (Phi) is 7.03. The molecule has 90 valence electrons. The Bertz CT molecular complexity index is 143. The third kappa shape index (κ3) is 5.53. The van der Waals surface area contributed by atoms with Gasteiger partial charge in [-0.25, -0.2) is 0 Å². The standard InChI is InChI=1S/C13H27NO/c1-3-9-14-10-13(4-2)15-11-12-7-5-6-8-12/h12-14H,3-11H2,1-2H3. The number of hydrogen-bond donors (Lipinski definition) is 1. The number of hydrogen-bond acceptors (Lipinski definition) is 2. The Hall–Kier alpha value is -0.0800. The summed E-state index contributed by atoms with van der Waals surface area (Å²) >= 11 is 0. The third-order valence-electron chi connectivity index (χ3n) is 3.30. The molecule has 1 fully saturated rings. The fourth-order valence-corrected chi connectivity index (χ4v) is 2.21. The summed E-state index contributed by atoms with van der Waals surface area (Å²) in [6.07, 6.45) is 8.37. The van der Waals surface area contributed by atoms with Crippen molar-refractivity contribution in [1.82, 2.24) is 5.32 Å². The van der Waals surface area contributed by atoms with Crippen LogP contribution in [0.4, 0.5) is 0 Å². The van der Waals surface area contributed by atoms with Crippen molar-refractivity contribution in [1.29, 1.82) is 0 Å². The molecule has 1 aliphatic carbocycles. The van der Waals surface area contributed by atoms with Crippen molar-refractivity contribution < 1.29 is 4.74 Å². The van der Waals surface area contributed by atoms with Crippen LogP contribution in [0.1, 0.15) is 52.4 Å². The van der Waals surface area contributed by atoms with Crippen LogP contribution >= 0.6 is 0 Å². The fourth-order valence-electron chi connectivity index (χ4n) is 2.21. The molecule has 1 atom stereocenters. The molecule has 1 N–H and O–H groups in total. The molecule has 2 nitrogen and oxygen atoms in total. The van der Waals surface area contributed by atoms with Gasteiger partial charge in [0.1, 0.15) is 0 Å². The topological polar surface area (TPSA) is 21.3 Å². The van der Waals surface area contributed by atoms with Crippen LogP contribution < -0.4 is 5.32 Å². The SMILES string of the molecule is CCCNCC(CC)OCC1CCCC1. The largest absolute Gasteiger partial charge is 0.377 e. The Balaban J connectivity index is 2.04. The zero-order valence-electron chi connectivity index (χ0n) is 10.4. The van der Waals surface area contributed by atoms with Gasteiger partial charge in [0.25, 0.3) is 0 Å². The van der Waals surface area contributed by atoms with Crippen LogP contribution in [0, 0.1) is 5.92 Å². The summed E-state index contributed by atoms with van der Waals surface area (Å²) in [5.74, 6) is 0.852. The van der Waals surface area contributed by atoms with E-state index in [0.29, 0.717) is 6.10 Å². The van der Waals surface area contributed by atoms with Crippen LogP contribution in [0.15, 0.2) is 0 Å². The van der Waals surface area contributed by atoms with E-state index in [2.05, 4.69) is 19.2 Å². The maximum absolute atomic E-state index is 5.96. The van der Waals surface area contributed by atoms with Gasteiger partial charge in [-0.1, -0.05) is 26.7 Å². The summed E-state index contributed by atoms with van der Waals surface area (Å²) in [5.41, 5.74) is 0. The molecular weight excluding hydrogens is 186 g/mol. The molecule has 0 radical (unpaired) electrons. The average Bonchev–Trinajstić information content (AvgIpc) is 2.76. The zero-order valence-corrected chi connectivity index (χ0v) is 10.4. The highest BCUT2D eigenvalue weighted by Gasteiger charge is 2.16. The van der Waals surface area contributed by atoms with E-state index in [9.17, 15) is 0 Å². The molecule has 1 rings (SSSR count). The van der Waals surface area contributed by atoms with Crippen LogP contribution in [-0.2, 0) is 4.74 Å². The minimum Gasteiger partial charge on any atom is -0.377 e. The summed E-state index contributed by atoms with van der Waals surface area (Å²) < 4.78 is 5.96. The predicted molar refractivity (Wildman–Crippen MR) is 65.1 cm³/mol. The second-order valence-corrected chi connectivity index (χ2v) is 4.72. The molecule has 1 aliphatic rings. The molecule has 0 bridgehead atoms. The lowest BCUT2D eigenvalue weighted by Gasteiger charge is -2.19. The summed E-state index contributed by atoms with van der Waals surface area (Å²) in [5, 5.41) is 3.44. The molecule has 0 spiro atoms. The van der Waals surface area contributed by atoms with Crippen molar-refractivity contribution in [2.24, 2.45) is 5.92 Å². The van der Waals surface area contributed by atoms with Gasteiger partial charge in [-0.2, -0.15) is 0 Å². The van der Waals surface area contributed by atoms with Gasteiger partial charge in [0.05, 0.1) is 6.10 Å². The van der Waals surface area contributed by atoms with Crippen molar-refractivity contribution in [2.75, 3.05) is 19.7 Å². The molecule has 0 aromatic heterocycles. The van der Waals surface area contributed by atoms with Gasteiger partial charge in [-0.05, 0) is 38.1 Å². The molecule has 0 amide bonds. The van der Waals surface area contributed by atoms with Gasteiger partial charge in [0.2, 0.25) is 0 Å². The molecule has 0 aliphatic heterocycles. The molecule has 1 saturated carbocycles. The summed E-state index contributed by atoms with van der Waals surface area (Å²) in [4.78, 5) is 0. The first-order valence-corrected chi connectivity index (χ1v) is 6.69. The van der Waals surface area contributed by atoms with E-state index in [1.807, 2.05) is 0 Å². The second-order valence-electron chi connectivity index (χ2n) is 4.72. The number of ether oxygens (including phenoxy) is 1. The monoisotopic (exact) mass is 213 g/mol. The Morgan fingerprint density at radius 2 is 2.00 bits per heavy atom. The smallest absolute Gasteiger partial charge is 0.0696 e. The summed E-state index contributed by atoms with van der Waals surface area (Å²) in [6, 6.07) is 0. The number of nitrogens with one attached hydrogen (secondary N) is 1. The molecule has 2 heteroatoms. The van der Waals surface area contributed by atoms with Gasteiger partial charge < -0.3 is 10.1 Å². The first-order chi connectivity index (χ1) is 7.36. The molecular formula is C13H27NO. The Morgan fingerprint density at radius 3 is 2.60 bits per heavy atom. The molecule has 1 unspecified atom stereocenters. The highest BCUT2D eigenvalue weighted by Crippen LogP contribution is 2.25. The van der Waals surface area contributed by atoms with Crippen LogP contribution in [0.5, 0.6) is 0 Å². The van der Waals surface area contributed by atoms with Gasteiger partial charge in [0, 0.05) is 13.2 Å². The quantitative estimate of drug-likeness (QED) is 0.626. The maximum atomic E-state index is 5.96. The minimum atomic E-state index is 0.428. The van der Waals surface area contributed by atoms with E-state index in [1.54, 1.807) is 0 Å². The average molecular weight is 213 g/mol. The predicted octanol–water partition coefficient (Wildman–Crippen LogP) is 2.97. The molecule has 0 saturated heterocycles. The van der Waals surface area contributed by atoms with E-state index in [4.69, 9.17) is 4.74 Å².